The second-order valence-corrected chi connectivity index (χ2v) is 5.76. The van der Waals surface area contributed by atoms with Crippen molar-refractivity contribution >= 4 is 34.2 Å². The third kappa shape index (κ3) is 2.21. The predicted octanol–water partition coefficient (Wildman–Crippen LogP) is 2.30. The van der Waals surface area contributed by atoms with Crippen LogP contribution in [0.3, 0.4) is 0 Å². The van der Waals surface area contributed by atoms with E-state index in [0.29, 0.717) is 5.92 Å². The maximum atomic E-state index is 12.2. The average molecular weight is 319 g/mol. The SMILES string of the molecule is Cl.Cn1nc(C2CCNCC2)c2c3ccccc3c(=O)[nH]c21. The first kappa shape index (κ1) is 15.1. The van der Waals surface area contributed by atoms with Gasteiger partial charge in [0.25, 0.3) is 5.56 Å². The summed E-state index contributed by atoms with van der Waals surface area (Å²) in [5.41, 5.74) is 1.91. The van der Waals surface area contributed by atoms with Gasteiger partial charge in [0.05, 0.1) is 5.69 Å². The van der Waals surface area contributed by atoms with E-state index in [-0.39, 0.29) is 18.0 Å². The maximum absolute atomic E-state index is 12.2. The second kappa shape index (κ2) is 5.74. The van der Waals surface area contributed by atoms with Crippen LogP contribution < -0.4 is 10.9 Å². The number of nitrogens with one attached hydrogen (secondary N) is 2. The molecule has 0 spiro atoms. The number of rotatable bonds is 1. The van der Waals surface area contributed by atoms with E-state index in [1.54, 1.807) is 4.68 Å². The van der Waals surface area contributed by atoms with Crippen molar-refractivity contribution in [3.05, 3.63) is 40.3 Å². The molecule has 0 atom stereocenters. The molecule has 1 aliphatic rings. The average Bonchev–Trinajstić information content (AvgIpc) is 2.86. The highest BCUT2D eigenvalue weighted by molar-refractivity contribution is 6.05. The molecule has 3 aromatic rings. The lowest BCUT2D eigenvalue weighted by Gasteiger charge is -2.21. The van der Waals surface area contributed by atoms with Gasteiger partial charge in [0.15, 0.2) is 0 Å². The largest absolute Gasteiger partial charge is 0.317 e. The molecule has 6 heteroatoms. The smallest absolute Gasteiger partial charge is 0.257 e. The fourth-order valence-electron chi connectivity index (χ4n) is 3.41. The van der Waals surface area contributed by atoms with E-state index >= 15 is 0 Å². The number of H-pyrrole nitrogens is 1. The summed E-state index contributed by atoms with van der Waals surface area (Å²) in [4.78, 5) is 15.2. The Kier molecular flexibility index (Phi) is 3.93. The van der Waals surface area contributed by atoms with Crippen molar-refractivity contribution in [2.24, 2.45) is 7.05 Å². The van der Waals surface area contributed by atoms with Crippen LogP contribution in [0, 0.1) is 0 Å². The van der Waals surface area contributed by atoms with E-state index in [0.717, 1.165) is 53.4 Å². The van der Waals surface area contributed by atoms with Gasteiger partial charge in [-0.1, -0.05) is 18.2 Å². The number of hydrogen-bond acceptors (Lipinski definition) is 3. The van der Waals surface area contributed by atoms with Gasteiger partial charge in [-0.05, 0) is 32.0 Å². The first-order valence-corrected chi connectivity index (χ1v) is 7.44. The Hall–Kier alpha value is -1.85. The van der Waals surface area contributed by atoms with Crippen LogP contribution in [0.5, 0.6) is 0 Å². The Morgan fingerprint density at radius 1 is 1.18 bits per heavy atom. The van der Waals surface area contributed by atoms with Crippen LogP contribution in [0.2, 0.25) is 0 Å². The minimum Gasteiger partial charge on any atom is -0.317 e. The Labute approximate surface area is 134 Å². The van der Waals surface area contributed by atoms with E-state index in [1.165, 1.54) is 0 Å². The summed E-state index contributed by atoms with van der Waals surface area (Å²) in [6, 6.07) is 7.80. The Balaban J connectivity index is 0.00000144. The van der Waals surface area contributed by atoms with Crippen LogP contribution in [0.1, 0.15) is 24.5 Å². The number of halogens is 1. The lowest BCUT2D eigenvalue weighted by molar-refractivity contribution is 0.452. The van der Waals surface area contributed by atoms with Gasteiger partial charge in [-0.3, -0.25) is 9.48 Å². The number of fused-ring (bicyclic) bond motifs is 3. The number of pyridine rings is 1. The lowest BCUT2D eigenvalue weighted by Crippen LogP contribution is -2.27. The molecule has 1 aliphatic heterocycles. The number of aromatic nitrogens is 3. The van der Waals surface area contributed by atoms with Crippen molar-refractivity contribution in [1.29, 1.82) is 0 Å². The third-order valence-corrected chi connectivity index (χ3v) is 4.47. The van der Waals surface area contributed by atoms with Crippen molar-refractivity contribution in [3.8, 4) is 0 Å². The molecule has 0 amide bonds. The Morgan fingerprint density at radius 2 is 1.86 bits per heavy atom. The molecule has 116 valence electrons. The van der Waals surface area contributed by atoms with Gasteiger partial charge in [0, 0.05) is 29.1 Å². The quantitative estimate of drug-likeness (QED) is 0.723. The number of nitrogens with zero attached hydrogens (tertiary/aromatic N) is 2. The fourth-order valence-corrected chi connectivity index (χ4v) is 3.41. The molecule has 1 fully saturated rings. The Bertz CT molecular complexity index is 877. The summed E-state index contributed by atoms with van der Waals surface area (Å²) in [6.45, 7) is 2.06. The van der Waals surface area contributed by atoms with Gasteiger partial charge in [0.1, 0.15) is 5.65 Å². The van der Waals surface area contributed by atoms with Gasteiger partial charge in [-0.15, -0.1) is 12.4 Å². The summed E-state index contributed by atoms with van der Waals surface area (Å²) in [5.74, 6) is 0.462. The molecule has 2 aromatic heterocycles. The molecular formula is C16H19ClN4O. The van der Waals surface area contributed by atoms with E-state index in [1.807, 2.05) is 31.3 Å². The van der Waals surface area contributed by atoms with Gasteiger partial charge in [0.2, 0.25) is 0 Å². The Morgan fingerprint density at radius 3 is 2.59 bits per heavy atom. The van der Waals surface area contributed by atoms with Crippen LogP contribution in [-0.4, -0.2) is 27.9 Å². The van der Waals surface area contributed by atoms with Crippen LogP contribution in [0.15, 0.2) is 29.1 Å². The zero-order valence-electron chi connectivity index (χ0n) is 12.4. The maximum Gasteiger partial charge on any atom is 0.257 e. The molecule has 22 heavy (non-hydrogen) atoms. The third-order valence-electron chi connectivity index (χ3n) is 4.47. The summed E-state index contributed by atoms with van der Waals surface area (Å²) < 4.78 is 1.81. The predicted molar refractivity (Wildman–Crippen MR) is 90.9 cm³/mol. The first-order chi connectivity index (χ1) is 10.3. The molecular weight excluding hydrogens is 300 g/mol. The standard InChI is InChI=1S/C16H18N4O.ClH/c1-20-15-13(14(19-20)10-6-8-17-9-7-10)11-4-2-3-5-12(11)16(21)18-15;/h2-5,10,17H,6-9H2,1H3,(H,18,21);1H. The topological polar surface area (TPSA) is 62.7 Å². The van der Waals surface area contributed by atoms with Crippen molar-refractivity contribution < 1.29 is 0 Å². The molecule has 0 bridgehead atoms. The van der Waals surface area contributed by atoms with Crippen molar-refractivity contribution in [1.82, 2.24) is 20.1 Å². The number of aromatic amines is 1. The molecule has 3 heterocycles. The molecule has 0 saturated carbocycles. The van der Waals surface area contributed by atoms with E-state index in [4.69, 9.17) is 5.10 Å². The number of hydrogen-bond donors (Lipinski definition) is 2. The van der Waals surface area contributed by atoms with Crippen LogP contribution >= 0.6 is 12.4 Å². The summed E-state index contributed by atoms with van der Waals surface area (Å²) >= 11 is 0. The lowest BCUT2D eigenvalue weighted by atomic mass is 9.92. The second-order valence-electron chi connectivity index (χ2n) is 5.76. The van der Waals surface area contributed by atoms with E-state index in [2.05, 4.69) is 10.3 Å². The number of piperidine rings is 1. The van der Waals surface area contributed by atoms with Gasteiger partial charge in [-0.25, -0.2) is 0 Å². The summed E-state index contributed by atoms with van der Waals surface area (Å²) in [5, 5.41) is 11.0. The highest BCUT2D eigenvalue weighted by atomic mass is 35.5. The van der Waals surface area contributed by atoms with Crippen molar-refractivity contribution in [2.45, 2.75) is 18.8 Å². The number of aryl methyl sites for hydroxylation is 1. The van der Waals surface area contributed by atoms with E-state index < -0.39 is 0 Å². The van der Waals surface area contributed by atoms with Crippen molar-refractivity contribution in [2.75, 3.05) is 13.1 Å². The fraction of sp³-hybridized carbons (Fsp3) is 0.375. The highest BCUT2D eigenvalue weighted by Crippen LogP contribution is 2.33. The molecule has 1 aromatic carbocycles. The first-order valence-electron chi connectivity index (χ1n) is 7.44. The molecule has 0 radical (unpaired) electrons. The van der Waals surface area contributed by atoms with E-state index in [9.17, 15) is 4.79 Å². The van der Waals surface area contributed by atoms with Crippen LogP contribution in [-0.2, 0) is 7.05 Å². The monoisotopic (exact) mass is 318 g/mol. The number of benzene rings is 1. The highest BCUT2D eigenvalue weighted by Gasteiger charge is 2.23. The molecule has 0 aliphatic carbocycles. The summed E-state index contributed by atoms with van der Waals surface area (Å²) in [6.07, 6.45) is 2.19. The zero-order chi connectivity index (χ0) is 14.4. The molecule has 1 saturated heterocycles. The molecule has 0 unspecified atom stereocenters. The van der Waals surface area contributed by atoms with Gasteiger partial charge >= 0.3 is 0 Å². The van der Waals surface area contributed by atoms with Crippen LogP contribution in [0.4, 0.5) is 0 Å². The summed E-state index contributed by atoms with van der Waals surface area (Å²) in [7, 11) is 1.90. The minimum atomic E-state index is -0.0436. The van der Waals surface area contributed by atoms with Crippen molar-refractivity contribution in [3.63, 3.8) is 0 Å². The molecule has 4 rings (SSSR count). The minimum absolute atomic E-state index is 0. The van der Waals surface area contributed by atoms with Gasteiger partial charge < -0.3 is 10.3 Å². The molecule has 5 nitrogen and oxygen atoms in total. The molecule has 2 N–H and O–H groups in total. The van der Waals surface area contributed by atoms with Gasteiger partial charge in [-0.2, -0.15) is 5.10 Å². The zero-order valence-corrected chi connectivity index (χ0v) is 13.2. The van der Waals surface area contributed by atoms with Crippen LogP contribution in [0.25, 0.3) is 21.8 Å². The normalized spacial score (nSPS) is 16.0.